The van der Waals surface area contributed by atoms with Crippen LogP contribution in [0.15, 0.2) is 27.0 Å². The number of esters is 2. The molecule has 0 aromatic carbocycles. The number of carbonyl (C=O) groups excluding carboxylic acids is 2. The molecular formula is C30H51N3O9S2. The molecule has 12 nitrogen and oxygen atoms in total. The smallest absolute Gasteiger partial charge is 0.336 e. The fourth-order valence-corrected chi connectivity index (χ4v) is 6.01. The number of hydrogen-bond donors (Lipinski definition) is 2. The highest BCUT2D eigenvalue weighted by molar-refractivity contribution is 8.76. The first-order chi connectivity index (χ1) is 20.7. The van der Waals surface area contributed by atoms with Gasteiger partial charge in [-0.3, -0.25) is 9.59 Å². The minimum atomic E-state index is -1.40. The first-order valence-electron chi connectivity index (χ1n) is 15.2. The van der Waals surface area contributed by atoms with Crippen molar-refractivity contribution in [2.75, 3.05) is 24.7 Å². The van der Waals surface area contributed by atoms with Crippen molar-refractivity contribution < 1.29 is 29.3 Å². The van der Waals surface area contributed by atoms with E-state index in [0.29, 0.717) is 35.5 Å². The van der Waals surface area contributed by atoms with Crippen LogP contribution in [0.3, 0.4) is 0 Å². The van der Waals surface area contributed by atoms with Crippen molar-refractivity contribution in [2.45, 2.75) is 112 Å². The Balaban J connectivity index is 2.68. The van der Waals surface area contributed by atoms with Crippen LogP contribution >= 0.6 is 21.6 Å². The van der Waals surface area contributed by atoms with Gasteiger partial charge in [0.05, 0.1) is 45.2 Å². The lowest BCUT2D eigenvalue weighted by Crippen LogP contribution is -2.57. The molecular weight excluding hydrogens is 610 g/mol. The van der Waals surface area contributed by atoms with Gasteiger partial charge in [0.1, 0.15) is 12.7 Å². The van der Waals surface area contributed by atoms with Crippen molar-refractivity contribution in [1.29, 1.82) is 0 Å². The molecule has 1 aromatic heterocycles. The van der Waals surface area contributed by atoms with Gasteiger partial charge in [-0.05, 0) is 31.1 Å². The Hall–Kier alpha value is -2.29. The Kier molecular flexibility index (Phi) is 17.4. The van der Waals surface area contributed by atoms with E-state index in [1.807, 2.05) is 20.8 Å². The third kappa shape index (κ3) is 11.9. The van der Waals surface area contributed by atoms with Crippen molar-refractivity contribution in [1.82, 2.24) is 13.7 Å². The summed E-state index contributed by atoms with van der Waals surface area (Å²) in [4.78, 5) is 63.2. The highest BCUT2D eigenvalue weighted by atomic mass is 33.1. The van der Waals surface area contributed by atoms with Crippen LogP contribution in [0.4, 0.5) is 0 Å². The lowest BCUT2D eigenvalue weighted by molar-refractivity contribution is -0.147. The molecule has 1 heterocycles. The zero-order valence-corrected chi connectivity index (χ0v) is 28.7. The molecule has 252 valence electrons. The van der Waals surface area contributed by atoms with Gasteiger partial charge in [-0.25, -0.2) is 28.1 Å². The Bertz CT molecular complexity index is 1250. The monoisotopic (exact) mass is 661 g/mol. The Morgan fingerprint density at radius 2 is 1.30 bits per heavy atom. The molecule has 44 heavy (non-hydrogen) atoms. The van der Waals surface area contributed by atoms with Crippen LogP contribution in [-0.4, -0.2) is 72.8 Å². The minimum Gasteiger partial charge on any atom is -0.465 e. The largest absolute Gasteiger partial charge is 0.465 e. The van der Waals surface area contributed by atoms with Gasteiger partial charge in [-0.1, -0.05) is 69.2 Å². The second kappa shape index (κ2) is 19.3. The summed E-state index contributed by atoms with van der Waals surface area (Å²) in [6, 6.07) is 0. The van der Waals surface area contributed by atoms with Crippen LogP contribution in [0, 0.1) is 10.8 Å². The van der Waals surface area contributed by atoms with E-state index in [1.165, 1.54) is 27.7 Å². The van der Waals surface area contributed by atoms with Gasteiger partial charge >= 0.3 is 29.0 Å². The van der Waals surface area contributed by atoms with E-state index < -0.39 is 53.8 Å². The van der Waals surface area contributed by atoms with Crippen LogP contribution < -0.4 is 17.1 Å². The summed E-state index contributed by atoms with van der Waals surface area (Å²) in [6.45, 7) is 14.4. The van der Waals surface area contributed by atoms with Crippen LogP contribution in [0.1, 0.15) is 80.1 Å². The van der Waals surface area contributed by atoms with E-state index in [0.717, 1.165) is 22.0 Å². The van der Waals surface area contributed by atoms with Crippen LogP contribution in [0.2, 0.25) is 0 Å². The van der Waals surface area contributed by atoms with Gasteiger partial charge in [0, 0.05) is 16.9 Å². The normalized spacial score (nSPS) is 13.4. The van der Waals surface area contributed by atoms with Gasteiger partial charge in [-0.2, -0.15) is 0 Å². The Morgan fingerprint density at radius 3 is 1.77 bits per heavy atom. The fourth-order valence-electron chi connectivity index (χ4n) is 4.07. The summed E-state index contributed by atoms with van der Waals surface area (Å²) in [5.74, 6) is 0.144. The highest BCUT2D eigenvalue weighted by Crippen LogP contribution is 2.30. The summed E-state index contributed by atoms with van der Waals surface area (Å²) in [5.41, 5.74) is -3.36. The van der Waals surface area contributed by atoms with Gasteiger partial charge in [-0.15, -0.1) is 6.58 Å². The first-order valence-corrected chi connectivity index (χ1v) is 17.7. The molecule has 0 aliphatic carbocycles. The van der Waals surface area contributed by atoms with Crippen LogP contribution in [0.25, 0.3) is 0 Å². The fraction of sp³-hybridized carbons (Fsp3) is 0.767. The van der Waals surface area contributed by atoms with Crippen molar-refractivity contribution in [2.24, 2.45) is 10.8 Å². The number of nitrogens with zero attached hydrogens (tertiary/aromatic N) is 3. The van der Waals surface area contributed by atoms with Crippen LogP contribution in [-0.2, 0) is 38.7 Å². The predicted molar refractivity (Wildman–Crippen MR) is 175 cm³/mol. The summed E-state index contributed by atoms with van der Waals surface area (Å²) >= 11 is 0. The molecule has 1 aromatic rings. The molecule has 0 spiro atoms. The maximum absolute atomic E-state index is 13.2. The van der Waals surface area contributed by atoms with E-state index in [2.05, 4.69) is 27.4 Å². The van der Waals surface area contributed by atoms with Gasteiger partial charge in [0.15, 0.2) is 0 Å². The molecule has 0 amide bonds. The molecule has 0 fully saturated rings. The molecule has 0 saturated heterocycles. The van der Waals surface area contributed by atoms with E-state index in [9.17, 15) is 34.2 Å². The molecule has 0 aliphatic rings. The first kappa shape index (κ1) is 39.7. The zero-order valence-electron chi connectivity index (χ0n) is 27.0. The van der Waals surface area contributed by atoms with Crippen molar-refractivity contribution in [3.8, 4) is 0 Å². The summed E-state index contributed by atoms with van der Waals surface area (Å²) in [7, 11) is 2.86. The van der Waals surface area contributed by atoms with Gasteiger partial charge in [0.2, 0.25) is 0 Å². The standard InChI is InChI=1S/C30H51N3O9S2/c1-8-15-31-26(38)32(28(40)33(27(31)39)19-23(35)30(7,11-4)12-5)18-22(34)20-41-24(36)13-16-43-44-17-14-25(37)42-21-29(6,9-2)10-3/h8,22-23,34-35H,1,9-21H2,2-7H3. The topological polar surface area (TPSA) is 159 Å². The minimum absolute atomic E-state index is 0.00948. The molecule has 2 atom stereocenters. The quantitative estimate of drug-likeness (QED) is 0.0814. The third-order valence-corrected chi connectivity index (χ3v) is 10.9. The number of aromatic nitrogens is 3. The lowest BCUT2D eigenvalue weighted by Gasteiger charge is -2.32. The summed E-state index contributed by atoms with van der Waals surface area (Å²) in [5, 5.41) is 21.3. The van der Waals surface area contributed by atoms with E-state index >= 15 is 0 Å². The average molecular weight is 662 g/mol. The molecule has 0 aliphatic heterocycles. The third-order valence-electron chi connectivity index (χ3n) is 8.45. The maximum Gasteiger partial charge on any atom is 0.336 e. The average Bonchev–Trinajstić information content (AvgIpc) is 3.02. The van der Waals surface area contributed by atoms with Crippen molar-refractivity contribution >= 4 is 33.5 Å². The van der Waals surface area contributed by atoms with Gasteiger partial charge < -0.3 is 19.7 Å². The number of hydrogen-bond acceptors (Lipinski definition) is 11. The molecule has 2 N–H and O–H groups in total. The molecule has 0 bridgehead atoms. The summed E-state index contributed by atoms with van der Waals surface area (Å²) in [6.07, 6.45) is 2.29. The maximum atomic E-state index is 13.2. The summed E-state index contributed by atoms with van der Waals surface area (Å²) < 4.78 is 12.8. The van der Waals surface area contributed by atoms with E-state index in [-0.39, 0.29) is 37.3 Å². The number of ether oxygens (including phenoxy) is 2. The van der Waals surface area contributed by atoms with Crippen molar-refractivity contribution in [3.05, 3.63) is 44.1 Å². The Labute approximate surface area is 267 Å². The second-order valence-electron chi connectivity index (χ2n) is 11.5. The number of aliphatic hydroxyl groups is 2. The SMILES string of the molecule is C=CCn1c(=O)n(CC(O)COC(=O)CCSSCCC(=O)OCC(C)(CC)CC)c(=O)n(CC(O)C(C)(CC)CC)c1=O. The molecule has 0 radical (unpaired) electrons. The second-order valence-corrected chi connectivity index (χ2v) is 14.2. The number of allylic oxidation sites excluding steroid dienone is 1. The van der Waals surface area contributed by atoms with E-state index in [4.69, 9.17) is 9.47 Å². The number of rotatable bonds is 22. The molecule has 1 rings (SSSR count). The van der Waals surface area contributed by atoms with Crippen molar-refractivity contribution in [3.63, 3.8) is 0 Å². The predicted octanol–water partition coefficient (Wildman–Crippen LogP) is 2.98. The Morgan fingerprint density at radius 1 is 0.818 bits per heavy atom. The lowest BCUT2D eigenvalue weighted by atomic mass is 9.79. The number of aliphatic hydroxyl groups excluding tert-OH is 2. The van der Waals surface area contributed by atoms with Gasteiger partial charge in [0.25, 0.3) is 0 Å². The zero-order chi connectivity index (χ0) is 33.5. The molecule has 2 unspecified atom stereocenters. The van der Waals surface area contributed by atoms with Crippen LogP contribution in [0.5, 0.6) is 0 Å². The van der Waals surface area contributed by atoms with E-state index in [1.54, 1.807) is 0 Å². The number of carbonyl (C=O) groups is 2. The highest BCUT2D eigenvalue weighted by Gasteiger charge is 2.31. The molecule has 0 saturated carbocycles. The molecule has 14 heteroatoms.